The Labute approximate surface area is 86.8 Å². The fourth-order valence-electron chi connectivity index (χ4n) is 1.08. The minimum Gasteiger partial charge on any atom is -0.394 e. The molecule has 0 aromatic rings. The molecule has 15 heavy (non-hydrogen) atoms. The smallest absolute Gasteiger partial charge is 0.390 e. The average molecular weight is 227 g/mol. The summed E-state index contributed by atoms with van der Waals surface area (Å²) in [6.45, 7) is 3.02. The Bertz CT molecular complexity index is 185. The molecule has 0 amide bonds. The molecule has 90 valence electrons. The van der Waals surface area contributed by atoms with Crippen LogP contribution in [-0.2, 0) is 0 Å². The zero-order valence-corrected chi connectivity index (χ0v) is 8.37. The predicted molar refractivity (Wildman–Crippen MR) is 50.4 cm³/mol. The average Bonchev–Trinajstić information content (AvgIpc) is 2.13. The van der Waals surface area contributed by atoms with Crippen LogP contribution >= 0.6 is 0 Å². The van der Waals surface area contributed by atoms with Crippen molar-refractivity contribution in [2.24, 2.45) is 0 Å². The van der Waals surface area contributed by atoms with Crippen molar-refractivity contribution in [2.45, 2.75) is 18.7 Å². The largest absolute Gasteiger partial charge is 0.394 e. The Balaban J connectivity index is 3.98. The maximum atomic E-state index is 11.9. The summed E-state index contributed by atoms with van der Waals surface area (Å²) in [5, 5.41) is 17.6. The van der Waals surface area contributed by atoms with Crippen molar-refractivity contribution in [3.05, 3.63) is 12.7 Å². The lowest BCUT2D eigenvalue weighted by molar-refractivity contribution is -0.138. The molecular formula is C9H16F3NO2. The summed E-state index contributed by atoms with van der Waals surface area (Å²) in [5.74, 6) is 0. The Morgan fingerprint density at radius 1 is 1.40 bits per heavy atom. The van der Waals surface area contributed by atoms with Gasteiger partial charge in [-0.2, -0.15) is 13.2 Å². The van der Waals surface area contributed by atoms with Crippen molar-refractivity contribution >= 4 is 0 Å². The molecule has 0 saturated heterocycles. The molecule has 0 aliphatic carbocycles. The van der Waals surface area contributed by atoms with Gasteiger partial charge in [0.2, 0.25) is 0 Å². The molecule has 0 fully saturated rings. The minimum atomic E-state index is -4.20. The molecule has 0 aromatic heterocycles. The van der Waals surface area contributed by atoms with E-state index in [0.29, 0.717) is 0 Å². The van der Waals surface area contributed by atoms with Crippen molar-refractivity contribution in [1.29, 1.82) is 0 Å². The van der Waals surface area contributed by atoms with Crippen LogP contribution in [0.2, 0.25) is 0 Å². The van der Waals surface area contributed by atoms with Gasteiger partial charge >= 0.3 is 6.18 Å². The van der Waals surface area contributed by atoms with Gasteiger partial charge in [-0.15, -0.1) is 6.58 Å². The number of alkyl halides is 3. The van der Waals surface area contributed by atoms with E-state index in [4.69, 9.17) is 10.2 Å². The molecule has 0 unspecified atom stereocenters. The normalized spacial score (nSPS) is 14.3. The van der Waals surface area contributed by atoms with E-state index in [2.05, 4.69) is 6.58 Å². The van der Waals surface area contributed by atoms with Crippen LogP contribution < -0.4 is 0 Å². The third-order valence-electron chi connectivity index (χ3n) is 1.78. The van der Waals surface area contributed by atoms with Crippen molar-refractivity contribution in [2.75, 3.05) is 26.2 Å². The number of aliphatic hydroxyl groups excluding tert-OH is 2. The second kappa shape index (κ2) is 6.81. The molecule has 2 N–H and O–H groups in total. The van der Waals surface area contributed by atoms with E-state index in [1.54, 1.807) is 0 Å². The van der Waals surface area contributed by atoms with Crippen LogP contribution in [-0.4, -0.2) is 53.6 Å². The maximum Gasteiger partial charge on any atom is 0.390 e. The SMILES string of the molecule is C=CCN(CCC(F)(F)F)C[C@H](O)CO. The van der Waals surface area contributed by atoms with E-state index in [1.165, 1.54) is 11.0 Å². The molecule has 0 spiro atoms. The van der Waals surface area contributed by atoms with Gasteiger partial charge in [0.1, 0.15) is 0 Å². The van der Waals surface area contributed by atoms with E-state index < -0.39 is 25.3 Å². The summed E-state index contributed by atoms with van der Waals surface area (Å²) >= 11 is 0. The topological polar surface area (TPSA) is 43.7 Å². The van der Waals surface area contributed by atoms with Gasteiger partial charge in [0.05, 0.1) is 19.1 Å². The minimum absolute atomic E-state index is 0.0125. The van der Waals surface area contributed by atoms with Gasteiger partial charge in [0, 0.05) is 19.6 Å². The van der Waals surface area contributed by atoms with Gasteiger partial charge in [0.15, 0.2) is 0 Å². The molecule has 0 bridgehead atoms. The summed E-state index contributed by atoms with van der Waals surface area (Å²) in [6.07, 6.45) is -4.69. The van der Waals surface area contributed by atoms with E-state index in [0.717, 1.165) is 0 Å². The number of halogens is 3. The quantitative estimate of drug-likeness (QED) is 0.632. The second-order valence-corrected chi connectivity index (χ2v) is 3.25. The lowest BCUT2D eigenvalue weighted by Crippen LogP contribution is -2.36. The Morgan fingerprint density at radius 3 is 2.40 bits per heavy atom. The van der Waals surface area contributed by atoms with Crippen LogP contribution in [0.15, 0.2) is 12.7 Å². The van der Waals surface area contributed by atoms with Crippen LogP contribution in [0.5, 0.6) is 0 Å². The molecule has 1 atom stereocenters. The lowest BCUT2D eigenvalue weighted by Gasteiger charge is -2.23. The molecule has 0 rings (SSSR count). The van der Waals surface area contributed by atoms with E-state index in [-0.39, 0.29) is 19.6 Å². The first-order chi connectivity index (χ1) is 6.89. The van der Waals surface area contributed by atoms with E-state index >= 15 is 0 Å². The molecule has 0 heterocycles. The number of hydrogen-bond donors (Lipinski definition) is 2. The summed E-state index contributed by atoms with van der Waals surface area (Å²) < 4.78 is 35.7. The third-order valence-corrected chi connectivity index (χ3v) is 1.78. The molecule has 0 aliphatic heterocycles. The number of nitrogens with zero attached hydrogens (tertiary/aromatic N) is 1. The first-order valence-electron chi connectivity index (χ1n) is 4.58. The molecule has 0 aliphatic rings. The molecule has 3 nitrogen and oxygen atoms in total. The van der Waals surface area contributed by atoms with E-state index in [9.17, 15) is 13.2 Å². The third kappa shape index (κ3) is 8.41. The first-order valence-corrected chi connectivity index (χ1v) is 4.58. The van der Waals surface area contributed by atoms with Gasteiger partial charge in [-0.3, -0.25) is 4.90 Å². The van der Waals surface area contributed by atoms with Gasteiger partial charge in [-0.05, 0) is 0 Å². The van der Waals surface area contributed by atoms with E-state index in [1.807, 2.05) is 0 Å². The zero-order chi connectivity index (χ0) is 11.9. The monoisotopic (exact) mass is 227 g/mol. The van der Waals surface area contributed by atoms with Gasteiger partial charge in [0.25, 0.3) is 0 Å². The summed E-state index contributed by atoms with van der Waals surface area (Å²) in [7, 11) is 0. The molecule has 0 aromatic carbocycles. The number of hydrogen-bond acceptors (Lipinski definition) is 3. The summed E-state index contributed by atoms with van der Waals surface area (Å²) in [6, 6.07) is 0. The highest BCUT2D eigenvalue weighted by Crippen LogP contribution is 2.19. The van der Waals surface area contributed by atoms with Crippen molar-refractivity contribution < 1.29 is 23.4 Å². The number of aliphatic hydroxyl groups is 2. The first kappa shape index (κ1) is 14.4. The standard InChI is InChI=1S/C9H16F3NO2/c1-2-4-13(6-8(15)7-14)5-3-9(10,11)12/h2,8,14-15H,1,3-7H2/t8-/m0/s1. The highest BCUT2D eigenvalue weighted by atomic mass is 19.4. The number of rotatable bonds is 7. The Morgan fingerprint density at radius 2 is 2.00 bits per heavy atom. The molecule has 6 heteroatoms. The van der Waals surface area contributed by atoms with Crippen LogP contribution in [0.4, 0.5) is 13.2 Å². The summed E-state index contributed by atoms with van der Waals surface area (Å²) in [4.78, 5) is 1.39. The molecule has 0 saturated carbocycles. The van der Waals surface area contributed by atoms with Crippen molar-refractivity contribution in [1.82, 2.24) is 4.90 Å². The maximum absolute atomic E-state index is 11.9. The van der Waals surface area contributed by atoms with Gasteiger partial charge in [-0.25, -0.2) is 0 Å². The van der Waals surface area contributed by atoms with Gasteiger partial charge < -0.3 is 10.2 Å². The predicted octanol–water partition coefficient (Wildman–Crippen LogP) is 0.780. The van der Waals surface area contributed by atoms with Crippen LogP contribution in [0.3, 0.4) is 0 Å². The highest BCUT2D eigenvalue weighted by molar-refractivity contribution is 4.76. The lowest BCUT2D eigenvalue weighted by atomic mass is 10.3. The van der Waals surface area contributed by atoms with Crippen LogP contribution in [0.25, 0.3) is 0 Å². The fourth-order valence-corrected chi connectivity index (χ4v) is 1.08. The van der Waals surface area contributed by atoms with Crippen molar-refractivity contribution in [3.8, 4) is 0 Å². The van der Waals surface area contributed by atoms with Crippen LogP contribution in [0, 0.1) is 0 Å². The van der Waals surface area contributed by atoms with Gasteiger partial charge in [-0.1, -0.05) is 6.08 Å². The zero-order valence-electron chi connectivity index (χ0n) is 8.37. The molecular weight excluding hydrogens is 211 g/mol. The van der Waals surface area contributed by atoms with Crippen molar-refractivity contribution in [3.63, 3.8) is 0 Å². The van der Waals surface area contributed by atoms with Crippen LogP contribution in [0.1, 0.15) is 6.42 Å². The second-order valence-electron chi connectivity index (χ2n) is 3.25. The fraction of sp³-hybridized carbons (Fsp3) is 0.778. The Hall–Kier alpha value is -0.590. The highest BCUT2D eigenvalue weighted by Gasteiger charge is 2.27. The Kier molecular flexibility index (Phi) is 6.55. The molecule has 0 radical (unpaired) electrons. The summed E-state index contributed by atoms with van der Waals surface area (Å²) in [5.41, 5.74) is 0.